The molecule has 0 aliphatic carbocycles. The van der Waals surface area contributed by atoms with Crippen molar-refractivity contribution in [3.63, 3.8) is 0 Å². The number of nitrogens with two attached hydrogens (primary N) is 1. The minimum Gasteiger partial charge on any atom is -0.383 e. The monoisotopic (exact) mass is 359 g/mol. The first-order chi connectivity index (χ1) is 9.63. The lowest BCUT2D eigenvalue weighted by molar-refractivity contribution is 0.110. The van der Waals surface area contributed by atoms with Crippen LogP contribution in [-0.4, -0.2) is 37.7 Å². The summed E-state index contributed by atoms with van der Waals surface area (Å²) >= 11 is 5.20. The summed E-state index contributed by atoms with van der Waals surface area (Å²) < 4.78 is 6.27. The Bertz CT molecular complexity index is 432. The second kappa shape index (κ2) is 9.48. The molecule has 2 atom stereocenters. The molecular weight excluding hydrogens is 338 g/mol. The van der Waals surface area contributed by atoms with Crippen molar-refractivity contribution >= 4 is 27.3 Å². The molecular formula is C14H22BrN3OS. The van der Waals surface area contributed by atoms with Crippen LogP contribution in [0.4, 0.5) is 0 Å². The summed E-state index contributed by atoms with van der Waals surface area (Å²) in [4.78, 5) is 3.50. The summed E-state index contributed by atoms with van der Waals surface area (Å²) in [5, 5.41) is 10.9. The lowest BCUT2D eigenvalue weighted by atomic mass is 10.0. The normalized spacial score (nSPS) is 14.2. The molecule has 0 saturated carbocycles. The molecule has 112 valence electrons. The molecule has 1 aromatic rings. The van der Waals surface area contributed by atoms with E-state index in [0.29, 0.717) is 19.6 Å². The number of thiophene rings is 1. The van der Waals surface area contributed by atoms with Gasteiger partial charge < -0.3 is 10.5 Å². The summed E-state index contributed by atoms with van der Waals surface area (Å²) in [6.45, 7) is 4.24. The number of hydrogen-bond donors (Lipinski definition) is 1. The van der Waals surface area contributed by atoms with Crippen LogP contribution in [0.1, 0.15) is 30.7 Å². The lowest BCUT2D eigenvalue weighted by Crippen LogP contribution is -2.42. The maximum absolute atomic E-state index is 8.85. The predicted molar refractivity (Wildman–Crippen MR) is 86.7 cm³/mol. The van der Waals surface area contributed by atoms with Gasteiger partial charge in [0.25, 0.3) is 0 Å². The molecule has 0 amide bonds. The largest absolute Gasteiger partial charge is 0.383 e. The fourth-order valence-electron chi connectivity index (χ4n) is 2.16. The van der Waals surface area contributed by atoms with Gasteiger partial charge in [0.05, 0.1) is 18.7 Å². The van der Waals surface area contributed by atoms with Gasteiger partial charge >= 0.3 is 0 Å². The van der Waals surface area contributed by atoms with E-state index >= 15 is 0 Å². The summed E-state index contributed by atoms with van der Waals surface area (Å²) in [6, 6.07) is 4.53. The van der Waals surface area contributed by atoms with E-state index < -0.39 is 0 Å². The lowest BCUT2D eigenvalue weighted by Gasteiger charge is -2.34. The second-order valence-corrected chi connectivity index (χ2v) is 6.48. The Balaban J connectivity index is 2.94. The number of halogens is 1. The quantitative estimate of drug-likeness (QED) is 0.735. The highest BCUT2D eigenvalue weighted by molar-refractivity contribution is 9.10. The van der Waals surface area contributed by atoms with Crippen LogP contribution in [0.5, 0.6) is 0 Å². The SMILES string of the molecule is CCC(N)C(c1cc(Br)cs1)N(CCC#N)CCOC. The van der Waals surface area contributed by atoms with Crippen LogP contribution < -0.4 is 5.73 Å². The molecule has 1 rings (SSSR count). The van der Waals surface area contributed by atoms with E-state index in [9.17, 15) is 0 Å². The third kappa shape index (κ3) is 5.15. The van der Waals surface area contributed by atoms with Gasteiger partial charge in [-0.25, -0.2) is 0 Å². The van der Waals surface area contributed by atoms with Gasteiger partial charge in [0.15, 0.2) is 0 Å². The topological polar surface area (TPSA) is 62.3 Å². The molecule has 1 heterocycles. The van der Waals surface area contributed by atoms with Gasteiger partial charge in [0.2, 0.25) is 0 Å². The van der Waals surface area contributed by atoms with E-state index in [-0.39, 0.29) is 12.1 Å². The molecule has 2 unspecified atom stereocenters. The third-order valence-electron chi connectivity index (χ3n) is 3.24. The number of hydrogen-bond acceptors (Lipinski definition) is 5. The maximum Gasteiger partial charge on any atom is 0.0635 e. The van der Waals surface area contributed by atoms with Crippen molar-refractivity contribution < 1.29 is 4.74 Å². The summed E-state index contributed by atoms with van der Waals surface area (Å²) in [5.41, 5.74) is 6.33. The zero-order chi connectivity index (χ0) is 15.0. The molecule has 0 aliphatic rings. The summed E-state index contributed by atoms with van der Waals surface area (Å²) in [6.07, 6.45) is 1.40. The van der Waals surface area contributed by atoms with Crippen molar-refractivity contribution in [1.29, 1.82) is 5.26 Å². The van der Waals surface area contributed by atoms with Crippen molar-refractivity contribution in [3.05, 3.63) is 20.8 Å². The van der Waals surface area contributed by atoms with Crippen LogP contribution in [0.25, 0.3) is 0 Å². The Morgan fingerprint density at radius 2 is 2.30 bits per heavy atom. The highest BCUT2D eigenvalue weighted by atomic mass is 79.9. The average Bonchev–Trinajstić information content (AvgIpc) is 2.87. The second-order valence-electron chi connectivity index (χ2n) is 4.62. The van der Waals surface area contributed by atoms with E-state index in [4.69, 9.17) is 15.7 Å². The third-order valence-corrected chi connectivity index (χ3v) is 5.01. The van der Waals surface area contributed by atoms with Crippen molar-refractivity contribution in [2.24, 2.45) is 5.73 Å². The summed E-state index contributed by atoms with van der Waals surface area (Å²) in [7, 11) is 1.69. The van der Waals surface area contributed by atoms with Gasteiger partial charge in [0.1, 0.15) is 0 Å². The molecule has 1 aromatic heterocycles. The molecule has 0 fully saturated rings. The molecule has 0 aromatic carbocycles. The number of nitrogens with zero attached hydrogens (tertiary/aromatic N) is 2. The minimum atomic E-state index is 0.0519. The molecule has 0 bridgehead atoms. The van der Waals surface area contributed by atoms with Crippen LogP contribution in [0.15, 0.2) is 15.9 Å². The molecule has 20 heavy (non-hydrogen) atoms. The van der Waals surface area contributed by atoms with Crippen molar-refractivity contribution in [1.82, 2.24) is 4.90 Å². The molecule has 0 radical (unpaired) electrons. The van der Waals surface area contributed by atoms with Crippen molar-refractivity contribution in [3.8, 4) is 6.07 Å². The van der Waals surface area contributed by atoms with Gasteiger partial charge in [-0.2, -0.15) is 5.26 Å². The number of ether oxygens (including phenoxy) is 1. The van der Waals surface area contributed by atoms with Crippen LogP contribution >= 0.6 is 27.3 Å². The molecule has 0 spiro atoms. The molecule has 4 nitrogen and oxygen atoms in total. The fourth-order valence-corrected chi connectivity index (χ4v) is 3.81. The highest BCUT2D eigenvalue weighted by Gasteiger charge is 2.26. The average molecular weight is 360 g/mol. The summed E-state index contributed by atoms with van der Waals surface area (Å²) in [5.74, 6) is 0. The maximum atomic E-state index is 8.85. The first-order valence-corrected chi connectivity index (χ1v) is 8.40. The zero-order valence-electron chi connectivity index (χ0n) is 12.0. The van der Waals surface area contributed by atoms with Crippen LogP contribution in [0.3, 0.4) is 0 Å². The number of rotatable bonds is 9. The first-order valence-electron chi connectivity index (χ1n) is 6.73. The Hall–Kier alpha value is -0.450. The Morgan fingerprint density at radius 1 is 1.55 bits per heavy atom. The van der Waals surface area contributed by atoms with Crippen molar-refractivity contribution in [2.45, 2.75) is 31.8 Å². The van der Waals surface area contributed by atoms with E-state index in [0.717, 1.165) is 17.4 Å². The van der Waals surface area contributed by atoms with Crippen LogP contribution in [0, 0.1) is 11.3 Å². The van der Waals surface area contributed by atoms with Gasteiger partial charge in [-0.3, -0.25) is 4.90 Å². The number of nitriles is 1. The number of methoxy groups -OCH3 is 1. The zero-order valence-corrected chi connectivity index (χ0v) is 14.4. The van der Waals surface area contributed by atoms with E-state index in [1.165, 1.54) is 4.88 Å². The Labute approximate surface area is 133 Å². The Morgan fingerprint density at radius 3 is 2.80 bits per heavy atom. The first kappa shape index (κ1) is 17.6. The predicted octanol–water partition coefficient (Wildman–Crippen LogP) is 3.15. The standard InChI is InChI=1S/C14H22BrN3OS/c1-3-12(17)14(13-9-11(15)10-20-13)18(6-4-5-16)7-8-19-2/h9-10,12,14H,3-4,6-8,17H2,1-2H3. The molecule has 0 saturated heterocycles. The van der Waals surface area contributed by atoms with Crippen molar-refractivity contribution in [2.75, 3.05) is 26.8 Å². The Kier molecular flexibility index (Phi) is 8.34. The molecule has 2 N–H and O–H groups in total. The van der Waals surface area contributed by atoms with Gasteiger partial charge in [-0.05, 0) is 28.4 Å². The van der Waals surface area contributed by atoms with E-state index in [1.54, 1.807) is 18.4 Å². The molecule has 6 heteroatoms. The fraction of sp³-hybridized carbons (Fsp3) is 0.643. The van der Waals surface area contributed by atoms with E-state index in [2.05, 4.69) is 45.3 Å². The van der Waals surface area contributed by atoms with Gasteiger partial charge in [-0.1, -0.05) is 6.92 Å². The minimum absolute atomic E-state index is 0.0519. The van der Waals surface area contributed by atoms with Crippen LogP contribution in [-0.2, 0) is 4.74 Å². The van der Waals surface area contributed by atoms with Gasteiger partial charge in [0, 0.05) is 47.4 Å². The van der Waals surface area contributed by atoms with Gasteiger partial charge in [-0.15, -0.1) is 11.3 Å². The molecule has 0 aliphatic heterocycles. The highest BCUT2D eigenvalue weighted by Crippen LogP contribution is 2.32. The van der Waals surface area contributed by atoms with E-state index in [1.807, 2.05) is 0 Å². The smallest absolute Gasteiger partial charge is 0.0635 e. The van der Waals surface area contributed by atoms with Crippen LogP contribution in [0.2, 0.25) is 0 Å².